The Hall–Kier alpha value is -18.2. The molecule has 0 aliphatic rings. The van der Waals surface area contributed by atoms with Crippen LogP contribution in [0.25, 0.3) is 167 Å². The molecule has 10 heteroatoms. The van der Waals surface area contributed by atoms with Crippen molar-refractivity contribution in [1.29, 1.82) is 0 Å². The van der Waals surface area contributed by atoms with E-state index in [0.717, 1.165) is 129 Å². The molecule has 0 aliphatic carbocycles. The number of hydrogen-bond donors (Lipinski definition) is 0. The van der Waals surface area contributed by atoms with E-state index in [1.165, 1.54) is 106 Å². The highest BCUT2D eigenvalue weighted by molar-refractivity contribution is 7.26. The first-order chi connectivity index (χ1) is 70.0. The fourth-order valence-electron chi connectivity index (χ4n) is 20.3. The maximum atomic E-state index is 5.20. The summed E-state index contributed by atoms with van der Waals surface area (Å²) < 4.78 is 7.56. The summed E-state index contributed by atoms with van der Waals surface area (Å²) in [5.41, 5.74) is 26.1. The molecular weight excluding hydrogens is 1750 g/mol. The number of benzene rings is 23. The summed E-state index contributed by atoms with van der Waals surface area (Å²) in [6.07, 6.45) is 1.92. The lowest BCUT2D eigenvalue weighted by molar-refractivity contribution is 1.10. The molecule has 27 rings (SSSR count). The SMILES string of the molecule is c1cc(-c2cnc3c4ccccc4c4ccccc4c3n2)cc(-c2cccc3c2sc2ccccc23)c1.c1ccc(-n2c(-c3ccc(-c4cccc5c4sc4ccccc45)cc3)nc3ccccc32)cc1.c1ccc(N(c2ccc(N(c3ccc(N(c4ccccc4)c4cccc5ccccc45)cc3)c3ccc(N(c4ccccc4)c4cccc5ccccc45)cc3)cc2)c2cccc3ccccc23)cc1. The summed E-state index contributed by atoms with van der Waals surface area (Å²) in [4.78, 5) is 24.6. The molecular formula is C131H88N8S2. The van der Waals surface area contributed by atoms with Crippen molar-refractivity contribution in [2.75, 3.05) is 19.6 Å². The van der Waals surface area contributed by atoms with Gasteiger partial charge in [0.2, 0.25) is 0 Å². The number of rotatable bonds is 17. The number of anilines is 12. The Balaban J connectivity index is 0.000000123. The van der Waals surface area contributed by atoms with Crippen molar-refractivity contribution in [3.8, 4) is 50.6 Å². The van der Waals surface area contributed by atoms with Gasteiger partial charge in [-0.2, -0.15) is 0 Å². The van der Waals surface area contributed by atoms with Crippen LogP contribution in [0.15, 0.2) is 534 Å². The summed E-state index contributed by atoms with van der Waals surface area (Å²) in [7, 11) is 0. The van der Waals surface area contributed by atoms with Crippen LogP contribution >= 0.6 is 22.7 Å². The smallest absolute Gasteiger partial charge is 0.145 e. The monoisotopic (exact) mass is 1840 g/mol. The summed E-state index contributed by atoms with van der Waals surface area (Å²) in [5, 5.41) is 17.2. The molecule has 0 unspecified atom stereocenters. The average Bonchev–Trinajstić information content (AvgIpc) is 1.64. The Morgan fingerprint density at radius 1 is 0.206 bits per heavy atom. The largest absolute Gasteiger partial charge is 0.310 e. The third-order valence-electron chi connectivity index (χ3n) is 26.9. The van der Waals surface area contributed by atoms with E-state index in [-0.39, 0.29) is 0 Å². The predicted octanol–water partition coefficient (Wildman–Crippen LogP) is 37.4. The summed E-state index contributed by atoms with van der Waals surface area (Å²) in [6.45, 7) is 0. The van der Waals surface area contributed by atoms with Crippen molar-refractivity contribution in [2.45, 2.75) is 0 Å². The van der Waals surface area contributed by atoms with Gasteiger partial charge in [0.25, 0.3) is 0 Å². The van der Waals surface area contributed by atoms with Gasteiger partial charge >= 0.3 is 0 Å². The van der Waals surface area contributed by atoms with E-state index in [2.05, 4.69) is 540 Å². The van der Waals surface area contributed by atoms with E-state index in [9.17, 15) is 0 Å². The van der Waals surface area contributed by atoms with Crippen molar-refractivity contribution in [2.24, 2.45) is 0 Å². The highest BCUT2D eigenvalue weighted by atomic mass is 32.1. The van der Waals surface area contributed by atoms with Crippen LogP contribution in [0.3, 0.4) is 0 Å². The molecule has 0 radical (unpaired) electrons. The normalized spacial score (nSPS) is 11.4. The first-order valence-electron chi connectivity index (χ1n) is 47.7. The summed E-state index contributed by atoms with van der Waals surface area (Å²) in [6, 6.07) is 188. The molecule has 0 fully saturated rings. The fourth-order valence-corrected chi connectivity index (χ4v) is 22.8. The molecule has 0 N–H and O–H groups in total. The second-order valence-electron chi connectivity index (χ2n) is 35.3. The summed E-state index contributed by atoms with van der Waals surface area (Å²) in [5.74, 6) is 0.957. The maximum Gasteiger partial charge on any atom is 0.145 e. The molecule has 4 aromatic heterocycles. The third kappa shape index (κ3) is 16.0. The third-order valence-corrected chi connectivity index (χ3v) is 29.3. The highest BCUT2D eigenvalue weighted by Gasteiger charge is 2.25. The van der Waals surface area contributed by atoms with Crippen molar-refractivity contribution >= 4 is 207 Å². The molecule has 4 heterocycles. The van der Waals surface area contributed by atoms with Gasteiger partial charge in [0, 0.05) is 135 Å². The second-order valence-corrected chi connectivity index (χ2v) is 37.4. The maximum absolute atomic E-state index is 5.20. The number of imidazole rings is 1. The minimum absolute atomic E-state index is 0.887. The van der Waals surface area contributed by atoms with Crippen LogP contribution in [0, 0.1) is 0 Å². The van der Waals surface area contributed by atoms with Crippen LogP contribution in [0.1, 0.15) is 0 Å². The van der Waals surface area contributed by atoms with Gasteiger partial charge < -0.3 is 19.6 Å². The Kier molecular flexibility index (Phi) is 22.3. The zero-order valence-electron chi connectivity index (χ0n) is 76.7. The first-order valence-corrected chi connectivity index (χ1v) is 49.3. The van der Waals surface area contributed by atoms with Gasteiger partial charge in [0.15, 0.2) is 0 Å². The quantitative estimate of drug-likeness (QED) is 0.0842. The number of nitrogens with zero attached hydrogens (tertiary/aromatic N) is 8. The highest BCUT2D eigenvalue weighted by Crippen LogP contribution is 2.49. The van der Waals surface area contributed by atoms with Crippen LogP contribution in [0.2, 0.25) is 0 Å². The molecule has 0 saturated heterocycles. The fraction of sp³-hybridized carbons (Fsp3) is 0. The molecule has 0 atom stereocenters. The van der Waals surface area contributed by atoms with Gasteiger partial charge in [0.05, 0.1) is 51.0 Å². The number of thiophene rings is 2. The average molecular weight is 1840 g/mol. The second kappa shape index (κ2) is 37.1. The van der Waals surface area contributed by atoms with E-state index < -0.39 is 0 Å². The molecule has 141 heavy (non-hydrogen) atoms. The zero-order valence-corrected chi connectivity index (χ0v) is 78.3. The van der Waals surface area contributed by atoms with Gasteiger partial charge in [0.1, 0.15) is 5.82 Å². The lowest BCUT2D eigenvalue weighted by Crippen LogP contribution is -2.14. The zero-order chi connectivity index (χ0) is 93.5. The molecule has 0 saturated carbocycles. The minimum atomic E-state index is 0.887. The van der Waals surface area contributed by atoms with Crippen LogP contribution in [-0.2, 0) is 0 Å². The van der Waals surface area contributed by atoms with Gasteiger partial charge in [-0.1, -0.05) is 358 Å². The van der Waals surface area contributed by atoms with Crippen molar-refractivity contribution in [1.82, 2.24) is 19.5 Å². The minimum Gasteiger partial charge on any atom is -0.310 e. The van der Waals surface area contributed by atoms with Gasteiger partial charge in [-0.3, -0.25) is 9.55 Å². The molecule has 0 bridgehead atoms. The lowest BCUT2D eigenvalue weighted by atomic mass is 9.98. The van der Waals surface area contributed by atoms with Crippen LogP contribution in [0.4, 0.5) is 68.2 Å². The van der Waals surface area contributed by atoms with Crippen molar-refractivity contribution < 1.29 is 0 Å². The molecule has 0 spiro atoms. The molecule has 0 amide bonds. The number of para-hydroxylation sites is 6. The molecule has 23 aromatic carbocycles. The van der Waals surface area contributed by atoms with Gasteiger partial charge in [-0.15, -0.1) is 22.7 Å². The van der Waals surface area contributed by atoms with Crippen LogP contribution < -0.4 is 19.6 Å². The number of hydrogen-bond acceptors (Lipinski definition) is 9. The topological polar surface area (TPSA) is 56.6 Å². The van der Waals surface area contributed by atoms with E-state index in [1.54, 1.807) is 0 Å². The van der Waals surface area contributed by atoms with Crippen molar-refractivity contribution in [3.05, 3.63) is 534 Å². The standard InChI is InChI=1S/C66H48N4.C34H20N2S.C31H20N2S/c1-4-25-52(26-5-1)68(64-34-16-22-49-19-10-13-31-61(49)64)58-43-37-55(38-44-58)67(56-39-45-59(46-40-56)69(53-27-6-2-7-28-53)65-35-17-23-50-20-11-14-32-62(50)65)57-41-47-60(48-42-57)70(54-29-8-3-9-30-54)66-36-18-24-51-21-12-15-33-63(51)66;1-3-14-27-24(11-1)25-12-2-4-15-28(25)33-32(27)35-20-30(36-33)22-10-7-9-21(19-22)23-16-8-17-29-26-13-5-6-18-31(26)37-34(23)29;1-2-9-23(10-3-1)33-28-15-6-5-14-27(28)32-31(33)22-19-17-21(18-20-22)24-12-8-13-26-25-11-4-7-16-29(25)34-30(24)26/h1-48H;1-20H;1-20H. The lowest BCUT2D eigenvalue weighted by Gasteiger charge is -2.31. The van der Waals surface area contributed by atoms with Gasteiger partial charge in [-0.25, -0.2) is 9.97 Å². The predicted molar refractivity (Wildman–Crippen MR) is 601 cm³/mol. The Morgan fingerprint density at radius 2 is 0.532 bits per heavy atom. The van der Waals surface area contributed by atoms with Crippen molar-refractivity contribution in [3.63, 3.8) is 0 Å². The van der Waals surface area contributed by atoms with E-state index in [0.29, 0.717) is 0 Å². The molecule has 664 valence electrons. The molecule has 8 nitrogen and oxygen atoms in total. The Bertz CT molecular complexity index is 8870. The van der Waals surface area contributed by atoms with E-state index in [4.69, 9.17) is 15.0 Å². The Morgan fingerprint density at radius 3 is 0.993 bits per heavy atom. The molecule has 27 aromatic rings. The van der Waals surface area contributed by atoms with Crippen LogP contribution in [0.5, 0.6) is 0 Å². The summed E-state index contributed by atoms with van der Waals surface area (Å²) >= 11 is 3.73. The molecule has 0 aliphatic heterocycles. The van der Waals surface area contributed by atoms with E-state index in [1.807, 2.05) is 41.0 Å². The van der Waals surface area contributed by atoms with E-state index >= 15 is 0 Å². The van der Waals surface area contributed by atoms with Crippen LogP contribution in [-0.4, -0.2) is 19.5 Å². The first kappa shape index (κ1) is 84.5. The number of aromatic nitrogens is 4. The Labute approximate surface area is 824 Å². The number of fused-ring (bicyclic) bond motifs is 16. The van der Waals surface area contributed by atoms with Gasteiger partial charge in [-0.05, 0) is 219 Å².